The second kappa shape index (κ2) is 9.32. The lowest BCUT2D eigenvalue weighted by Crippen LogP contribution is -2.41. The first-order valence-electron chi connectivity index (χ1n) is 7.89. The number of rotatable bonds is 7. The molecule has 0 atom stereocenters. The minimum absolute atomic E-state index is 0. The smallest absolute Gasteiger partial charge is 0.191 e. The molecule has 0 amide bonds. The molecule has 0 bridgehead atoms. The zero-order chi connectivity index (χ0) is 16.0. The van der Waals surface area contributed by atoms with Gasteiger partial charge >= 0.3 is 0 Å². The molecule has 3 N–H and O–H groups in total. The van der Waals surface area contributed by atoms with Crippen LogP contribution in [0.5, 0.6) is 5.75 Å². The molecule has 5 nitrogen and oxygen atoms in total. The van der Waals surface area contributed by atoms with Gasteiger partial charge in [0, 0.05) is 24.1 Å². The summed E-state index contributed by atoms with van der Waals surface area (Å²) in [5.41, 5.74) is 2.31. The fourth-order valence-corrected chi connectivity index (χ4v) is 2.33. The van der Waals surface area contributed by atoms with Gasteiger partial charge in [-0.2, -0.15) is 0 Å². The van der Waals surface area contributed by atoms with Gasteiger partial charge in [-0.05, 0) is 38.3 Å². The van der Waals surface area contributed by atoms with E-state index in [0.29, 0.717) is 6.54 Å². The maximum absolute atomic E-state index is 9.38. The Morgan fingerprint density at radius 1 is 1.35 bits per heavy atom. The van der Waals surface area contributed by atoms with Crippen molar-refractivity contribution in [2.24, 2.45) is 10.4 Å². The number of aliphatic hydroxyl groups excluding tert-OH is 1. The van der Waals surface area contributed by atoms with E-state index in [9.17, 15) is 5.11 Å². The van der Waals surface area contributed by atoms with Crippen LogP contribution < -0.4 is 15.4 Å². The average molecular weight is 433 g/mol. The van der Waals surface area contributed by atoms with E-state index in [4.69, 9.17) is 4.74 Å². The van der Waals surface area contributed by atoms with Gasteiger partial charge in [0.1, 0.15) is 5.75 Å². The van der Waals surface area contributed by atoms with Gasteiger partial charge in [0.2, 0.25) is 0 Å². The average Bonchev–Trinajstić information content (AvgIpc) is 3.31. The Kier molecular flexibility index (Phi) is 8.11. The second-order valence-corrected chi connectivity index (χ2v) is 6.02. The number of nitrogens with zero attached hydrogens (tertiary/aromatic N) is 1. The summed E-state index contributed by atoms with van der Waals surface area (Å²) in [7, 11) is 1.68. The van der Waals surface area contributed by atoms with Gasteiger partial charge < -0.3 is 20.5 Å². The lowest BCUT2D eigenvalue weighted by Gasteiger charge is -2.16. The Morgan fingerprint density at radius 2 is 2.09 bits per heavy atom. The quantitative estimate of drug-likeness (QED) is 0.351. The molecule has 1 aliphatic carbocycles. The Labute approximate surface area is 155 Å². The molecule has 130 valence electrons. The van der Waals surface area contributed by atoms with E-state index < -0.39 is 0 Å². The molecule has 6 heteroatoms. The molecular formula is C17H28IN3O2. The maximum Gasteiger partial charge on any atom is 0.191 e. The Balaban J connectivity index is 0.00000264. The first-order chi connectivity index (χ1) is 10.6. The van der Waals surface area contributed by atoms with E-state index in [2.05, 4.69) is 27.8 Å². The van der Waals surface area contributed by atoms with Crippen molar-refractivity contribution < 1.29 is 9.84 Å². The number of methoxy groups -OCH3 is 1. The number of ether oxygens (including phenoxy) is 1. The summed E-state index contributed by atoms with van der Waals surface area (Å²) in [4.78, 5) is 4.62. The summed E-state index contributed by atoms with van der Waals surface area (Å²) in [5.74, 6) is 1.65. The minimum Gasteiger partial charge on any atom is -0.496 e. The zero-order valence-electron chi connectivity index (χ0n) is 14.2. The molecule has 23 heavy (non-hydrogen) atoms. The number of aliphatic imine (C=N–C) groups is 1. The van der Waals surface area contributed by atoms with Gasteiger partial charge in [-0.1, -0.05) is 12.1 Å². The lowest BCUT2D eigenvalue weighted by atomic mass is 10.1. The monoisotopic (exact) mass is 433 g/mol. The van der Waals surface area contributed by atoms with Gasteiger partial charge in [-0.25, -0.2) is 4.99 Å². The fraction of sp³-hybridized carbons (Fsp3) is 0.588. The number of hydrogen-bond acceptors (Lipinski definition) is 3. The van der Waals surface area contributed by atoms with E-state index in [-0.39, 0.29) is 36.0 Å². The second-order valence-electron chi connectivity index (χ2n) is 6.02. The van der Waals surface area contributed by atoms with Crippen molar-refractivity contribution in [3.05, 3.63) is 29.3 Å². The number of nitrogens with one attached hydrogen (secondary N) is 2. The van der Waals surface area contributed by atoms with Crippen molar-refractivity contribution in [2.75, 3.05) is 26.8 Å². The van der Waals surface area contributed by atoms with Crippen molar-refractivity contribution in [3.63, 3.8) is 0 Å². The molecule has 0 aliphatic heterocycles. The minimum atomic E-state index is 0. The predicted molar refractivity (Wildman–Crippen MR) is 105 cm³/mol. The van der Waals surface area contributed by atoms with Crippen molar-refractivity contribution in [3.8, 4) is 5.75 Å². The molecule has 0 aromatic heterocycles. The number of halogens is 1. The first kappa shape index (κ1) is 20.0. The highest BCUT2D eigenvalue weighted by molar-refractivity contribution is 14.0. The number of aliphatic hydroxyl groups is 1. The highest BCUT2D eigenvalue weighted by atomic mass is 127. The summed E-state index contributed by atoms with van der Waals surface area (Å²) in [5, 5.41) is 16.0. The van der Waals surface area contributed by atoms with Crippen LogP contribution in [0, 0.1) is 12.3 Å². The van der Waals surface area contributed by atoms with Crippen molar-refractivity contribution in [1.29, 1.82) is 0 Å². The normalized spacial score (nSPS) is 15.6. The fourth-order valence-electron chi connectivity index (χ4n) is 2.33. The third-order valence-corrected chi connectivity index (χ3v) is 4.12. The molecule has 2 rings (SSSR count). The van der Waals surface area contributed by atoms with E-state index in [0.717, 1.165) is 43.2 Å². The molecule has 0 unspecified atom stereocenters. The molecule has 0 spiro atoms. The van der Waals surface area contributed by atoms with Gasteiger partial charge in [0.05, 0.1) is 20.3 Å². The Hall–Kier alpha value is -1.02. The Morgan fingerprint density at radius 3 is 2.65 bits per heavy atom. The number of hydrogen-bond donors (Lipinski definition) is 3. The van der Waals surface area contributed by atoms with E-state index in [1.165, 1.54) is 5.56 Å². The molecule has 0 heterocycles. The van der Waals surface area contributed by atoms with E-state index in [1.807, 2.05) is 19.9 Å². The van der Waals surface area contributed by atoms with Crippen LogP contribution in [0.2, 0.25) is 0 Å². The first-order valence-corrected chi connectivity index (χ1v) is 7.89. The lowest BCUT2D eigenvalue weighted by molar-refractivity contribution is 0.212. The summed E-state index contributed by atoms with van der Waals surface area (Å²) < 4.78 is 5.42. The SMILES string of the molecule is CCNC(=NCc1ccc(C)cc1OC)NCC1(CO)CC1.I. The van der Waals surface area contributed by atoms with E-state index >= 15 is 0 Å². The van der Waals surface area contributed by atoms with Gasteiger partial charge in [-0.3, -0.25) is 0 Å². The van der Waals surface area contributed by atoms with Crippen LogP contribution >= 0.6 is 24.0 Å². The standard InChI is InChI=1S/C17H27N3O2.HI/c1-4-18-16(20-11-17(12-21)7-8-17)19-10-14-6-5-13(2)9-15(14)22-3;/h5-6,9,21H,4,7-8,10-12H2,1-3H3,(H2,18,19,20);1H. The van der Waals surface area contributed by atoms with Crippen LogP contribution in [0.15, 0.2) is 23.2 Å². The summed E-state index contributed by atoms with van der Waals surface area (Å²) in [6, 6.07) is 6.15. The molecular weight excluding hydrogens is 405 g/mol. The largest absolute Gasteiger partial charge is 0.496 e. The molecule has 0 radical (unpaired) electrons. The highest BCUT2D eigenvalue weighted by Gasteiger charge is 2.41. The molecule has 1 aliphatic rings. The predicted octanol–water partition coefficient (Wildman–Crippen LogP) is 2.45. The van der Waals surface area contributed by atoms with Gasteiger partial charge in [0.15, 0.2) is 5.96 Å². The Bertz CT molecular complexity index is 531. The molecule has 1 aromatic rings. The van der Waals surface area contributed by atoms with Crippen molar-refractivity contribution >= 4 is 29.9 Å². The highest BCUT2D eigenvalue weighted by Crippen LogP contribution is 2.44. The summed E-state index contributed by atoms with van der Waals surface area (Å²) in [6.45, 7) is 6.47. The third kappa shape index (κ3) is 5.84. The molecule has 1 saturated carbocycles. The van der Waals surface area contributed by atoms with Crippen LogP contribution in [0.3, 0.4) is 0 Å². The molecule has 0 saturated heterocycles. The van der Waals surface area contributed by atoms with Crippen LogP contribution in [0.25, 0.3) is 0 Å². The number of guanidine groups is 1. The number of benzene rings is 1. The topological polar surface area (TPSA) is 65.9 Å². The van der Waals surface area contributed by atoms with Crippen LogP contribution in [0.1, 0.15) is 30.9 Å². The third-order valence-electron chi connectivity index (χ3n) is 4.12. The maximum atomic E-state index is 9.38. The summed E-state index contributed by atoms with van der Waals surface area (Å²) in [6.07, 6.45) is 2.17. The molecule has 1 aromatic carbocycles. The van der Waals surface area contributed by atoms with Crippen molar-refractivity contribution in [2.45, 2.75) is 33.2 Å². The van der Waals surface area contributed by atoms with Crippen LogP contribution in [-0.4, -0.2) is 37.9 Å². The van der Waals surface area contributed by atoms with Crippen molar-refractivity contribution in [1.82, 2.24) is 10.6 Å². The van der Waals surface area contributed by atoms with Crippen LogP contribution in [-0.2, 0) is 6.54 Å². The summed E-state index contributed by atoms with van der Waals surface area (Å²) >= 11 is 0. The van der Waals surface area contributed by atoms with Gasteiger partial charge in [-0.15, -0.1) is 24.0 Å². The molecule has 1 fully saturated rings. The number of aryl methyl sites for hydroxylation is 1. The van der Waals surface area contributed by atoms with Crippen LogP contribution in [0.4, 0.5) is 0 Å². The van der Waals surface area contributed by atoms with Gasteiger partial charge in [0.25, 0.3) is 0 Å². The van der Waals surface area contributed by atoms with E-state index in [1.54, 1.807) is 7.11 Å². The zero-order valence-corrected chi connectivity index (χ0v) is 16.5.